The van der Waals surface area contributed by atoms with Crippen LogP contribution in [0.1, 0.15) is 63.4 Å². The molecule has 0 spiro atoms. The Balaban J connectivity index is 1.55. The summed E-state index contributed by atoms with van der Waals surface area (Å²) >= 11 is 5.97. The van der Waals surface area contributed by atoms with Gasteiger partial charge in [0.25, 0.3) is 0 Å². The van der Waals surface area contributed by atoms with Gasteiger partial charge in [0, 0.05) is 16.0 Å². The quantitative estimate of drug-likeness (QED) is 0.405. The summed E-state index contributed by atoms with van der Waals surface area (Å²) < 4.78 is 15.2. The van der Waals surface area contributed by atoms with Crippen LogP contribution in [0.15, 0.2) is 54.6 Å². The lowest BCUT2D eigenvalue weighted by molar-refractivity contribution is 0.304. The van der Waals surface area contributed by atoms with Gasteiger partial charge in [-0.2, -0.15) is 0 Å². The first-order valence-corrected chi connectivity index (χ1v) is 11.0. The van der Waals surface area contributed by atoms with Gasteiger partial charge in [-0.1, -0.05) is 80.3 Å². The van der Waals surface area contributed by atoms with E-state index in [1.54, 1.807) is 12.1 Å². The molecule has 146 valence electrons. The average Bonchev–Trinajstić information content (AvgIpc) is 2.73. The molecule has 0 aliphatic heterocycles. The van der Waals surface area contributed by atoms with Crippen LogP contribution in [-0.2, 0) is 0 Å². The Morgan fingerprint density at radius 1 is 0.929 bits per heavy atom. The summed E-state index contributed by atoms with van der Waals surface area (Å²) in [5, 5.41) is 2.37. The van der Waals surface area contributed by atoms with Crippen LogP contribution in [0.4, 0.5) is 4.39 Å². The predicted molar refractivity (Wildman–Crippen MR) is 119 cm³/mol. The van der Waals surface area contributed by atoms with Gasteiger partial charge in [0.15, 0.2) is 0 Å². The molecule has 1 fully saturated rings. The van der Waals surface area contributed by atoms with Gasteiger partial charge < -0.3 is 0 Å². The Labute approximate surface area is 172 Å². The molecule has 1 saturated carbocycles. The number of halogens is 2. The molecule has 0 nitrogen and oxygen atoms in total. The first kappa shape index (κ1) is 19.5. The summed E-state index contributed by atoms with van der Waals surface area (Å²) in [4.78, 5) is 0. The highest BCUT2D eigenvalue weighted by atomic mass is 35.5. The number of benzene rings is 3. The van der Waals surface area contributed by atoms with E-state index >= 15 is 4.39 Å². The van der Waals surface area contributed by atoms with Crippen molar-refractivity contribution in [3.8, 4) is 11.1 Å². The minimum absolute atomic E-state index is 0.144. The summed E-state index contributed by atoms with van der Waals surface area (Å²) in [6.45, 7) is 2.28. The lowest BCUT2D eigenvalue weighted by atomic mass is 9.77. The van der Waals surface area contributed by atoms with E-state index in [1.165, 1.54) is 50.5 Å². The van der Waals surface area contributed by atoms with Crippen molar-refractivity contribution in [2.24, 2.45) is 5.92 Å². The summed E-state index contributed by atoms with van der Waals surface area (Å²) in [6, 6.07) is 17.6. The van der Waals surface area contributed by atoms with Gasteiger partial charge in [0.2, 0.25) is 0 Å². The van der Waals surface area contributed by atoms with Crippen LogP contribution in [-0.4, -0.2) is 0 Å². The van der Waals surface area contributed by atoms with Crippen molar-refractivity contribution in [3.63, 3.8) is 0 Å². The van der Waals surface area contributed by atoms with Crippen molar-refractivity contribution in [2.75, 3.05) is 0 Å². The highest BCUT2D eigenvalue weighted by molar-refractivity contribution is 6.30. The van der Waals surface area contributed by atoms with Crippen LogP contribution < -0.4 is 0 Å². The normalized spacial score (nSPS) is 19.8. The molecular formula is C26H28ClF. The zero-order chi connectivity index (χ0) is 19.5. The van der Waals surface area contributed by atoms with E-state index in [1.807, 2.05) is 24.3 Å². The van der Waals surface area contributed by atoms with E-state index in [0.717, 1.165) is 16.9 Å². The molecule has 2 heteroatoms. The first-order chi connectivity index (χ1) is 13.7. The third kappa shape index (κ3) is 4.10. The topological polar surface area (TPSA) is 0 Å². The van der Waals surface area contributed by atoms with Crippen LogP contribution in [0.3, 0.4) is 0 Å². The second-order valence-electron chi connectivity index (χ2n) is 8.27. The van der Waals surface area contributed by atoms with Gasteiger partial charge in [-0.05, 0) is 66.2 Å². The van der Waals surface area contributed by atoms with E-state index in [4.69, 9.17) is 11.6 Å². The standard InChI is InChI=1S/C26H28ClF/c1-2-3-4-18-5-7-19(8-6-18)21-11-15-25-22(17-21)12-16-24(26(25)28)20-9-13-23(27)14-10-20/h9-19H,2-8H2,1H3. The third-order valence-corrected chi connectivity index (χ3v) is 6.67. The number of hydrogen-bond donors (Lipinski definition) is 0. The molecule has 3 aromatic rings. The molecule has 1 aliphatic rings. The molecule has 0 atom stereocenters. The maximum absolute atomic E-state index is 15.2. The van der Waals surface area contributed by atoms with Gasteiger partial charge in [0.1, 0.15) is 5.82 Å². The Hall–Kier alpha value is -1.86. The molecule has 0 heterocycles. The molecular weight excluding hydrogens is 367 g/mol. The van der Waals surface area contributed by atoms with Gasteiger partial charge in [0.05, 0.1) is 0 Å². The minimum atomic E-state index is -0.144. The van der Waals surface area contributed by atoms with E-state index in [-0.39, 0.29) is 5.82 Å². The van der Waals surface area contributed by atoms with E-state index in [9.17, 15) is 0 Å². The van der Waals surface area contributed by atoms with Crippen LogP contribution >= 0.6 is 11.6 Å². The Bertz CT molecular complexity index is 937. The molecule has 4 rings (SSSR count). The SMILES string of the molecule is CCCCC1CCC(c2ccc3c(F)c(-c4ccc(Cl)cc4)ccc3c2)CC1. The first-order valence-electron chi connectivity index (χ1n) is 10.6. The van der Waals surface area contributed by atoms with Gasteiger partial charge in [-0.3, -0.25) is 0 Å². The smallest absolute Gasteiger partial charge is 0.138 e. The second-order valence-corrected chi connectivity index (χ2v) is 8.71. The van der Waals surface area contributed by atoms with Crippen molar-refractivity contribution in [1.29, 1.82) is 0 Å². The number of unbranched alkanes of at least 4 members (excludes halogenated alkanes) is 1. The fourth-order valence-corrected chi connectivity index (χ4v) is 4.82. The zero-order valence-corrected chi connectivity index (χ0v) is 17.3. The number of fused-ring (bicyclic) bond motifs is 1. The monoisotopic (exact) mass is 394 g/mol. The van der Waals surface area contributed by atoms with Gasteiger partial charge in [-0.15, -0.1) is 0 Å². The molecule has 28 heavy (non-hydrogen) atoms. The molecule has 0 unspecified atom stereocenters. The second kappa shape index (κ2) is 8.66. The van der Waals surface area contributed by atoms with Crippen LogP contribution in [0, 0.1) is 11.7 Å². The van der Waals surface area contributed by atoms with E-state index in [2.05, 4.69) is 25.1 Å². The fourth-order valence-electron chi connectivity index (χ4n) is 4.69. The molecule has 0 amide bonds. The van der Waals surface area contributed by atoms with Crippen molar-refractivity contribution in [2.45, 2.75) is 57.8 Å². The van der Waals surface area contributed by atoms with Crippen molar-refractivity contribution in [3.05, 3.63) is 71.0 Å². The van der Waals surface area contributed by atoms with Crippen molar-refractivity contribution >= 4 is 22.4 Å². The predicted octanol–water partition coefficient (Wildman–Crippen LogP) is 8.76. The van der Waals surface area contributed by atoms with Gasteiger partial charge in [-0.25, -0.2) is 4.39 Å². The maximum Gasteiger partial charge on any atom is 0.138 e. The maximum atomic E-state index is 15.2. The van der Waals surface area contributed by atoms with Crippen LogP contribution in [0.2, 0.25) is 5.02 Å². The molecule has 0 radical (unpaired) electrons. The Kier molecular flexibility index (Phi) is 6.01. The molecule has 0 saturated heterocycles. The fraction of sp³-hybridized carbons (Fsp3) is 0.385. The van der Waals surface area contributed by atoms with Crippen LogP contribution in [0.25, 0.3) is 21.9 Å². The summed E-state index contributed by atoms with van der Waals surface area (Å²) in [5.74, 6) is 1.40. The highest BCUT2D eigenvalue weighted by Crippen LogP contribution is 2.39. The molecule has 3 aromatic carbocycles. The average molecular weight is 395 g/mol. The highest BCUT2D eigenvalue weighted by Gasteiger charge is 2.22. The Morgan fingerprint density at radius 3 is 2.39 bits per heavy atom. The summed E-state index contributed by atoms with van der Waals surface area (Å²) in [6.07, 6.45) is 9.27. The Morgan fingerprint density at radius 2 is 1.68 bits per heavy atom. The number of rotatable bonds is 5. The summed E-state index contributed by atoms with van der Waals surface area (Å²) in [7, 11) is 0. The summed E-state index contributed by atoms with van der Waals surface area (Å²) in [5.41, 5.74) is 2.87. The molecule has 0 bridgehead atoms. The lowest BCUT2D eigenvalue weighted by Crippen LogP contribution is -2.13. The molecule has 1 aliphatic carbocycles. The molecule has 0 N–H and O–H groups in total. The van der Waals surface area contributed by atoms with Crippen LogP contribution in [0.5, 0.6) is 0 Å². The van der Waals surface area contributed by atoms with Crippen molar-refractivity contribution in [1.82, 2.24) is 0 Å². The van der Waals surface area contributed by atoms with E-state index in [0.29, 0.717) is 21.9 Å². The number of hydrogen-bond acceptors (Lipinski definition) is 0. The zero-order valence-electron chi connectivity index (χ0n) is 16.6. The van der Waals surface area contributed by atoms with Crippen molar-refractivity contribution < 1.29 is 4.39 Å². The molecule has 0 aromatic heterocycles. The van der Waals surface area contributed by atoms with Gasteiger partial charge >= 0.3 is 0 Å². The minimum Gasteiger partial charge on any atom is -0.206 e. The van der Waals surface area contributed by atoms with E-state index < -0.39 is 0 Å². The largest absolute Gasteiger partial charge is 0.206 e. The lowest BCUT2D eigenvalue weighted by Gasteiger charge is -2.29. The third-order valence-electron chi connectivity index (χ3n) is 6.42.